The summed E-state index contributed by atoms with van der Waals surface area (Å²) in [6.07, 6.45) is 0. The van der Waals surface area contributed by atoms with Crippen molar-refractivity contribution in [3.63, 3.8) is 0 Å². The first-order valence-electron chi connectivity index (χ1n) is 9.26. The summed E-state index contributed by atoms with van der Waals surface area (Å²) in [7, 11) is 0. The zero-order chi connectivity index (χ0) is 21.3. The third-order valence-corrected chi connectivity index (χ3v) is 6.86. The molecule has 0 bridgehead atoms. The molecule has 0 saturated heterocycles. The van der Waals surface area contributed by atoms with Crippen molar-refractivity contribution in [2.75, 3.05) is 11.1 Å². The molecule has 0 spiro atoms. The van der Waals surface area contributed by atoms with Crippen molar-refractivity contribution < 1.29 is 9.21 Å². The van der Waals surface area contributed by atoms with Gasteiger partial charge in [-0.2, -0.15) is 0 Å². The molecule has 4 rings (SSSR count). The minimum absolute atomic E-state index is 0.0949. The van der Waals surface area contributed by atoms with Crippen molar-refractivity contribution in [3.8, 4) is 11.6 Å². The second-order valence-corrected chi connectivity index (χ2v) is 9.36. The van der Waals surface area contributed by atoms with Crippen LogP contribution in [0.5, 0.6) is 0 Å². The van der Waals surface area contributed by atoms with E-state index >= 15 is 0 Å². The monoisotopic (exact) mass is 548 g/mol. The van der Waals surface area contributed by atoms with Gasteiger partial charge < -0.3 is 9.73 Å². The van der Waals surface area contributed by atoms with Gasteiger partial charge in [0, 0.05) is 26.6 Å². The molecule has 30 heavy (non-hydrogen) atoms. The van der Waals surface area contributed by atoms with Gasteiger partial charge in [-0.05, 0) is 61.9 Å². The Labute approximate surface area is 194 Å². The van der Waals surface area contributed by atoms with Gasteiger partial charge in [-0.15, -0.1) is 10.2 Å². The van der Waals surface area contributed by atoms with Gasteiger partial charge in [0.1, 0.15) is 5.58 Å². The fraction of sp³-hybridized carbons (Fsp3) is 0.190. The van der Waals surface area contributed by atoms with Crippen LogP contribution >= 0.6 is 43.6 Å². The normalized spacial score (nSPS) is 11.2. The lowest BCUT2D eigenvalue weighted by atomic mass is 10.2. The van der Waals surface area contributed by atoms with Crippen molar-refractivity contribution in [1.29, 1.82) is 0 Å². The van der Waals surface area contributed by atoms with E-state index in [1.165, 1.54) is 11.8 Å². The summed E-state index contributed by atoms with van der Waals surface area (Å²) in [4.78, 5) is 12.4. The second kappa shape index (κ2) is 8.95. The number of rotatable bonds is 6. The van der Waals surface area contributed by atoms with Crippen LogP contribution in [-0.2, 0) is 11.3 Å². The number of hydrogen-bond acceptors (Lipinski definition) is 5. The third kappa shape index (κ3) is 4.48. The molecule has 0 aliphatic carbocycles. The molecular weight excluding hydrogens is 532 g/mol. The zero-order valence-corrected chi connectivity index (χ0v) is 20.3. The predicted octanol–water partition coefficient (Wildman–Crippen LogP) is 6.28. The van der Waals surface area contributed by atoms with Gasteiger partial charge in [-0.1, -0.05) is 43.6 Å². The Hall–Kier alpha value is -2.10. The summed E-state index contributed by atoms with van der Waals surface area (Å²) < 4.78 is 9.91. The van der Waals surface area contributed by atoms with Crippen LogP contribution in [0.15, 0.2) is 61.0 Å². The number of thioether (sulfide) groups is 1. The summed E-state index contributed by atoms with van der Waals surface area (Å²) in [5.41, 5.74) is 2.62. The van der Waals surface area contributed by atoms with E-state index in [-0.39, 0.29) is 11.7 Å². The number of aromatic nitrogens is 3. The number of hydrogen-bond donors (Lipinski definition) is 1. The number of fused-ring (bicyclic) bond motifs is 1. The Kier molecular flexibility index (Phi) is 6.31. The minimum atomic E-state index is -0.0949. The number of nitrogens with zero attached hydrogens (tertiary/aromatic N) is 3. The van der Waals surface area contributed by atoms with Crippen molar-refractivity contribution in [2.45, 2.75) is 25.5 Å². The van der Waals surface area contributed by atoms with Crippen molar-refractivity contribution in [3.05, 3.63) is 57.0 Å². The van der Waals surface area contributed by atoms with E-state index in [1.807, 2.05) is 60.9 Å². The predicted molar refractivity (Wildman–Crippen MR) is 127 cm³/mol. The largest absolute Gasteiger partial charge is 0.453 e. The number of anilines is 1. The Morgan fingerprint density at radius 1 is 1.17 bits per heavy atom. The maximum Gasteiger partial charge on any atom is 0.234 e. The number of carbonyl (C=O) groups excluding carboxylic acids is 1. The lowest BCUT2D eigenvalue weighted by Crippen LogP contribution is -2.14. The summed E-state index contributed by atoms with van der Waals surface area (Å²) in [5.74, 6) is 1.44. The van der Waals surface area contributed by atoms with Crippen LogP contribution in [0.4, 0.5) is 5.69 Å². The van der Waals surface area contributed by atoms with Crippen LogP contribution in [0.2, 0.25) is 0 Å². The smallest absolute Gasteiger partial charge is 0.234 e. The molecular formula is C21H18Br2N4O2S. The maximum absolute atomic E-state index is 12.4. The van der Waals surface area contributed by atoms with E-state index in [2.05, 4.69) is 47.4 Å². The first-order chi connectivity index (χ1) is 14.4. The van der Waals surface area contributed by atoms with Gasteiger partial charge in [-0.3, -0.25) is 9.36 Å². The van der Waals surface area contributed by atoms with E-state index in [1.54, 1.807) is 0 Å². The number of aryl methyl sites for hydroxylation is 1. The van der Waals surface area contributed by atoms with Crippen LogP contribution in [0.3, 0.4) is 0 Å². The summed E-state index contributed by atoms with van der Waals surface area (Å²) >= 11 is 8.29. The summed E-state index contributed by atoms with van der Waals surface area (Å²) in [5, 5.41) is 13.2. The lowest BCUT2D eigenvalue weighted by Gasteiger charge is -2.08. The average molecular weight is 550 g/mol. The molecule has 154 valence electrons. The number of halogens is 2. The summed E-state index contributed by atoms with van der Waals surface area (Å²) in [6.45, 7) is 4.66. The highest BCUT2D eigenvalue weighted by Crippen LogP contribution is 2.31. The molecule has 4 aromatic rings. The standard InChI is InChI=1S/C21H18Br2N4O2S/c1-3-27-20(18-10-13-9-14(22)4-7-17(13)29-18)25-26-21(27)30-11-19(28)24-15-5-6-16(23)12(2)8-15/h4-10H,3,11H2,1-2H3,(H,24,28). The Balaban J connectivity index is 1.49. The van der Waals surface area contributed by atoms with Crippen LogP contribution in [-0.4, -0.2) is 26.4 Å². The zero-order valence-electron chi connectivity index (χ0n) is 16.3. The van der Waals surface area contributed by atoms with E-state index in [0.29, 0.717) is 23.3 Å². The van der Waals surface area contributed by atoms with E-state index in [4.69, 9.17) is 4.42 Å². The van der Waals surface area contributed by atoms with Crippen molar-refractivity contribution in [2.24, 2.45) is 0 Å². The fourth-order valence-electron chi connectivity index (χ4n) is 3.04. The van der Waals surface area contributed by atoms with Crippen LogP contribution in [0.25, 0.3) is 22.6 Å². The molecule has 0 fully saturated rings. The van der Waals surface area contributed by atoms with Gasteiger partial charge in [0.25, 0.3) is 0 Å². The van der Waals surface area contributed by atoms with Gasteiger partial charge in [0.05, 0.1) is 5.75 Å². The molecule has 0 saturated carbocycles. The quantitative estimate of drug-likeness (QED) is 0.287. The van der Waals surface area contributed by atoms with Gasteiger partial charge in [0.2, 0.25) is 11.7 Å². The van der Waals surface area contributed by atoms with Gasteiger partial charge in [-0.25, -0.2) is 0 Å². The Morgan fingerprint density at radius 3 is 2.77 bits per heavy atom. The highest BCUT2D eigenvalue weighted by molar-refractivity contribution is 9.10. The van der Waals surface area contributed by atoms with Crippen molar-refractivity contribution in [1.82, 2.24) is 14.8 Å². The molecule has 1 amide bonds. The average Bonchev–Trinajstić information content (AvgIpc) is 3.32. The van der Waals surface area contributed by atoms with Crippen molar-refractivity contribution >= 4 is 66.2 Å². The highest BCUT2D eigenvalue weighted by Gasteiger charge is 2.18. The number of carbonyl (C=O) groups is 1. The molecule has 0 atom stereocenters. The molecule has 0 unspecified atom stereocenters. The molecule has 9 heteroatoms. The van der Waals surface area contributed by atoms with Crippen LogP contribution in [0, 0.1) is 6.92 Å². The highest BCUT2D eigenvalue weighted by atomic mass is 79.9. The molecule has 0 aliphatic rings. The van der Waals surface area contributed by atoms with Gasteiger partial charge in [0.15, 0.2) is 10.9 Å². The number of benzene rings is 2. The Bertz CT molecular complexity index is 1240. The molecule has 1 N–H and O–H groups in total. The van der Waals surface area contributed by atoms with Gasteiger partial charge >= 0.3 is 0 Å². The van der Waals surface area contributed by atoms with E-state index < -0.39 is 0 Å². The molecule has 2 heterocycles. The number of furan rings is 1. The topological polar surface area (TPSA) is 73.0 Å². The SMILES string of the molecule is CCn1c(SCC(=O)Nc2ccc(Br)c(C)c2)nnc1-c1cc2cc(Br)ccc2o1. The molecule has 6 nitrogen and oxygen atoms in total. The van der Waals surface area contributed by atoms with Crippen LogP contribution < -0.4 is 5.32 Å². The molecule has 2 aromatic heterocycles. The first-order valence-corrected chi connectivity index (χ1v) is 11.8. The molecule has 2 aromatic carbocycles. The number of nitrogens with one attached hydrogen (secondary N) is 1. The maximum atomic E-state index is 12.4. The third-order valence-electron chi connectivity index (χ3n) is 4.51. The minimum Gasteiger partial charge on any atom is -0.453 e. The fourth-order valence-corrected chi connectivity index (χ4v) is 4.46. The molecule has 0 aliphatic heterocycles. The van der Waals surface area contributed by atoms with Crippen LogP contribution in [0.1, 0.15) is 12.5 Å². The first kappa shape index (κ1) is 21.1. The number of amides is 1. The Morgan fingerprint density at radius 2 is 2.00 bits per heavy atom. The van der Waals surface area contributed by atoms with E-state index in [9.17, 15) is 4.79 Å². The van der Waals surface area contributed by atoms with E-state index in [0.717, 1.165) is 31.2 Å². The second-order valence-electron chi connectivity index (χ2n) is 6.64. The molecule has 0 radical (unpaired) electrons. The lowest BCUT2D eigenvalue weighted by molar-refractivity contribution is -0.113. The summed E-state index contributed by atoms with van der Waals surface area (Å²) in [6, 6.07) is 13.5.